The molecule has 0 radical (unpaired) electrons. The van der Waals surface area contributed by atoms with E-state index in [4.69, 9.17) is 9.26 Å². The van der Waals surface area contributed by atoms with Crippen LogP contribution < -0.4 is 0 Å². The van der Waals surface area contributed by atoms with E-state index in [1.807, 2.05) is 47.3 Å². The molecule has 4 rings (SSSR count). The van der Waals surface area contributed by atoms with Crippen molar-refractivity contribution >= 4 is 5.97 Å². The first-order chi connectivity index (χ1) is 13.2. The summed E-state index contributed by atoms with van der Waals surface area (Å²) in [6.07, 6.45) is 6.44. The molecule has 0 saturated carbocycles. The molecule has 1 atom stereocenters. The molecule has 3 aromatic heterocycles. The second-order valence-electron chi connectivity index (χ2n) is 5.89. The number of esters is 1. The zero-order chi connectivity index (χ0) is 18.6. The molecule has 1 aromatic carbocycles. The highest BCUT2D eigenvalue weighted by atomic mass is 16.6. The molecule has 0 bridgehead atoms. The fraction of sp³-hybridized carbons (Fsp3) is 0.100. The lowest BCUT2D eigenvalue weighted by Crippen LogP contribution is -2.10. The average Bonchev–Trinajstić information content (AvgIpc) is 3.41. The zero-order valence-electron chi connectivity index (χ0n) is 14.5. The third-order valence-corrected chi connectivity index (χ3v) is 3.98. The highest BCUT2D eigenvalue weighted by Gasteiger charge is 2.20. The fourth-order valence-corrected chi connectivity index (χ4v) is 2.59. The van der Waals surface area contributed by atoms with Gasteiger partial charge in [0.15, 0.2) is 6.10 Å². The van der Waals surface area contributed by atoms with Crippen LogP contribution in [-0.4, -0.2) is 25.7 Å². The van der Waals surface area contributed by atoms with Crippen LogP contribution in [0.15, 0.2) is 77.8 Å². The van der Waals surface area contributed by atoms with Crippen molar-refractivity contribution < 1.29 is 14.1 Å². The molecule has 3 heterocycles. The van der Waals surface area contributed by atoms with E-state index >= 15 is 0 Å². The summed E-state index contributed by atoms with van der Waals surface area (Å²) in [7, 11) is 0. The molecule has 0 aliphatic carbocycles. The summed E-state index contributed by atoms with van der Waals surface area (Å²) < 4.78 is 12.6. The smallest absolute Gasteiger partial charge is 0.338 e. The van der Waals surface area contributed by atoms with Gasteiger partial charge in [0.2, 0.25) is 5.82 Å². The SMILES string of the molecule is CC(OC(=O)c1cccc(-n2cccc2)c1)c1nc(-c2cccnc2)no1. The number of hydrogen-bond acceptors (Lipinski definition) is 6. The lowest BCUT2D eigenvalue weighted by Gasteiger charge is -2.10. The first kappa shape index (κ1) is 16.7. The van der Waals surface area contributed by atoms with E-state index < -0.39 is 12.1 Å². The average molecular weight is 360 g/mol. The van der Waals surface area contributed by atoms with Crippen molar-refractivity contribution in [3.8, 4) is 17.1 Å². The Morgan fingerprint density at radius 3 is 2.78 bits per heavy atom. The van der Waals surface area contributed by atoms with Crippen LogP contribution in [0.2, 0.25) is 0 Å². The number of hydrogen-bond donors (Lipinski definition) is 0. The minimum absolute atomic E-state index is 0.226. The van der Waals surface area contributed by atoms with E-state index in [1.54, 1.807) is 37.5 Å². The van der Waals surface area contributed by atoms with Gasteiger partial charge in [-0.2, -0.15) is 4.98 Å². The van der Waals surface area contributed by atoms with Crippen LogP contribution in [0.5, 0.6) is 0 Å². The molecule has 7 nitrogen and oxygen atoms in total. The van der Waals surface area contributed by atoms with Gasteiger partial charge in [0.25, 0.3) is 5.89 Å². The standard InChI is InChI=1S/C20H16N4O3/c1-14(19-22-18(23-27-19)16-7-5-9-21-13-16)26-20(25)15-6-4-8-17(12-15)24-10-2-3-11-24/h2-14H,1H3. The third-order valence-electron chi connectivity index (χ3n) is 3.98. The molecule has 27 heavy (non-hydrogen) atoms. The summed E-state index contributed by atoms with van der Waals surface area (Å²) in [6.45, 7) is 1.69. The molecule has 1 unspecified atom stereocenters. The molecule has 0 amide bonds. The lowest BCUT2D eigenvalue weighted by atomic mass is 10.2. The van der Waals surface area contributed by atoms with Crippen LogP contribution in [0.1, 0.15) is 29.3 Å². The van der Waals surface area contributed by atoms with Crippen LogP contribution in [-0.2, 0) is 4.74 Å². The molecule has 134 valence electrons. The van der Waals surface area contributed by atoms with Gasteiger partial charge in [0, 0.05) is 36.0 Å². The Kier molecular flexibility index (Phi) is 4.49. The van der Waals surface area contributed by atoms with E-state index in [-0.39, 0.29) is 5.89 Å². The van der Waals surface area contributed by atoms with Gasteiger partial charge >= 0.3 is 5.97 Å². The Bertz CT molecular complexity index is 1040. The Hall–Kier alpha value is -3.74. The monoisotopic (exact) mass is 360 g/mol. The quantitative estimate of drug-likeness (QED) is 0.503. The van der Waals surface area contributed by atoms with Crippen molar-refractivity contribution in [2.75, 3.05) is 0 Å². The van der Waals surface area contributed by atoms with Crippen molar-refractivity contribution in [3.05, 3.63) is 84.8 Å². The molecular weight excluding hydrogens is 344 g/mol. The second kappa shape index (κ2) is 7.25. The Labute approximate surface area is 155 Å². The fourth-order valence-electron chi connectivity index (χ4n) is 2.59. The largest absolute Gasteiger partial charge is 0.449 e. The maximum absolute atomic E-state index is 12.5. The summed E-state index contributed by atoms with van der Waals surface area (Å²) in [5, 5.41) is 3.91. The second-order valence-corrected chi connectivity index (χ2v) is 5.89. The molecule has 0 spiro atoms. The zero-order valence-corrected chi connectivity index (χ0v) is 14.5. The van der Waals surface area contributed by atoms with Gasteiger partial charge in [-0.05, 0) is 49.4 Å². The number of pyridine rings is 1. The number of rotatable bonds is 5. The topological polar surface area (TPSA) is 83.0 Å². The first-order valence-electron chi connectivity index (χ1n) is 8.39. The van der Waals surface area contributed by atoms with Crippen LogP contribution in [0.3, 0.4) is 0 Å². The van der Waals surface area contributed by atoms with Crippen LogP contribution in [0.25, 0.3) is 17.1 Å². The Balaban J connectivity index is 1.49. The van der Waals surface area contributed by atoms with Gasteiger partial charge in [0.1, 0.15) is 0 Å². The molecule has 0 aliphatic heterocycles. The van der Waals surface area contributed by atoms with Crippen LogP contribution >= 0.6 is 0 Å². The minimum Gasteiger partial charge on any atom is -0.449 e. The normalized spacial score (nSPS) is 11.9. The third kappa shape index (κ3) is 3.62. The predicted molar refractivity (Wildman–Crippen MR) is 97.1 cm³/mol. The summed E-state index contributed by atoms with van der Waals surface area (Å²) in [4.78, 5) is 20.8. The number of carbonyl (C=O) groups is 1. The van der Waals surface area contributed by atoms with Crippen LogP contribution in [0, 0.1) is 0 Å². The molecule has 7 heteroatoms. The van der Waals surface area contributed by atoms with Crippen LogP contribution in [0.4, 0.5) is 0 Å². The summed E-state index contributed by atoms with van der Waals surface area (Å²) in [6, 6.07) is 14.6. The van der Waals surface area contributed by atoms with Crippen molar-refractivity contribution in [3.63, 3.8) is 0 Å². The van der Waals surface area contributed by atoms with Gasteiger partial charge in [-0.25, -0.2) is 4.79 Å². The van der Waals surface area contributed by atoms with E-state index in [9.17, 15) is 4.79 Å². The van der Waals surface area contributed by atoms with Gasteiger partial charge in [-0.3, -0.25) is 4.98 Å². The number of nitrogens with zero attached hydrogens (tertiary/aromatic N) is 4. The van der Waals surface area contributed by atoms with E-state index in [0.717, 1.165) is 11.3 Å². The van der Waals surface area contributed by atoms with Gasteiger partial charge in [0.05, 0.1) is 5.56 Å². The molecule has 0 N–H and O–H groups in total. The van der Waals surface area contributed by atoms with E-state index in [2.05, 4.69) is 15.1 Å². The van der Waals surface area contributed by atoms with Gasteiger partial charge in [-0.1, -0.05) is 11.2 Å². The maximum atomic E-state index is 12.5. The summed E-state index contributed by atoms with van der Waals surface area (Å²) >= 11 is 0. The van der Waals surface area contributed by atoms with Crippen molar-refractivity contribution in [1.82, 2.24) is 19.7 Å². The Morgan fingerprint density at radius 1 is 1.15 bits per heavy atom. The lowest BCUT2D eigenvalue weighted by molar-refractivity contribution is 0.0265. The first-order valence-corrected chi connectivity index (χ1v) is 8.39. The number of ether oxygens (including phenoxy) is 1. The van der Waals surface area contributed by atoms with Gasteiger partial charge in [-0.15, -0.1) is 0 Å². The number of benzene rings is 1. The molecular formula is C20H16N4O3. The van der Waals surface area contributed by atoms with Crippen molar-refractivity contribution in [2.45, 2.75) is 13.0 Å². The Morgan fingerprint density at radius 2 is 2.00 bits per heavy atom. The minimum atomic E-state index is -0.675. The molecule has 0 aliphatic rings. The highest BCUT2D eigenvalue weighted by Crippen LogP contribution is 2.21. The maximum Gasteiger partial charge on any atom is 0.338 e. The molecule has 0 fully saturated rings. The molecule has 0 saturated heterocycles. The molecule has 4 aromatic rings. The predicted octanol–water partition coefficient (Wildman–Crippen LogP) is 3.84. The van der Waals surface area contributed by atoms with E-state index in [1.165, 1.54) is 0 Å². The van der Waals surface area contributed by atoms with Gasteiger partial charge < -0.3 is 13.8 Å². The van der Waals surface area contributed by atoms with E-state index in [0.29, 0.717) is 11.4 Å². The summed E-state index contributed by atoms with van der Waals surface area (Å²) in [5.41, 5.74) is 2.05. The highest BCUT2D eigenvalue weighted by molar-refractivity contribution is 5.90. The number of carbonyl (C=O) groups excluding carboxylic acids is 1. The summed E-state index contributed by atoms with van der Waals surface area (Å²) in [5.74, 6) is 0.164. The van der Waals surface area contributed by atoms with Crippen molar-refractivity contribution in [2.24, 2.45) is 0 Å². The number of aromatic nitrogens is 4. The van der Waals surface area contributed by atoms with Crippen molar-refractivity contribution in [1.29, 1.82) is 0 Å².